The molecule has 2 saturated heterocycles. The smallest absolute Gasteiger partial charge is 0.324 e. The number of nitrogens with one attached hydrogen (secondary N) is 3. The SMILES string of the molecule is CN=C(NCCN1C(=O)CNC1=O)N1CCN(CC(=O)NC2CC2)CC1. The molecular formula is C16H27N7O3. The van der Waals surface area contributed by atoms with E-state index < -0.39 is 0 Å². The van der Waals surface area contributed by atoms with Crippen molar-refractivity contribution in [1.82, 2.24) is 30.7 Å². The van der Waals surface area contributed by atoms with E-state index in [9.17, 15) is 14.4 Å². The van der Waals surface area contributed by atoms with Gasteiger partial charge in [0.2, 0.25) is 11.8 Å². The zero-order valence-corrected chi connectivity index (χ0v) is 15.2. The van der Waals surface area contributed by atoms with Crippen molar-refractivity contribution in [3.05, 3.63) is 0 Å². The molecule has 1 aliphatic carbocycles. The third kappa shape index (κ3) is 4.84. The van der Waals surface area contributed by atoms with Crippen molar-refractivity contribution in [2.75, 3.05) is 59.4 Å². The zero-order chi connectivity index (χ0) is 18.5. The Morgan fingerprint density at radius 1 is 1.23 bits per heavy atom. The van der Waals surface area contributed by atoms with Gasteiger partial charge in [0, 0.05) is 52.4 Å². The van der Waals surface area contributed by atoms with E-state index in [0.717, 1.165) is 45.0 Å². The fourth-order valence-corrected chi connectivity index (χ4v) is 3.12. The summed E-state index contributed by atoms with van der Waals surface area (Å²) in [7, 11) is 1.71. The van der Waals surface area contributed by atoms with E-state index in [1.165, 1.54) is 4.90 Å². The van der Waals surface area contributed by atoms with Crippen LogP contribution in [-0.2, 0) is 9.59 Å². The minimum atomic E-state index is -0.343. The van der Waals surface area contributed by atoms with Gasteiger partial charge in [0.15, 0.2) is 5.96 Å². The summed E-state index contributed by atoms with van der Waals surface area (Å²) >= 11 is 0. The van der Waals surface area contributed by atoms with Gasteiger partial charge in [-0.05, 0) is 12.8 Å². The Hall–Kier alpha value is -2.36. The Bertz CT molecular complexity index is 566. The molecule has 1 saturated carbocycles. The molecule has 10 nitrogen and oxygen atoms in total. The van der Waals surface area contributed by atoms with Crippen LogP contribution in [-0.4, -0.2) is 104 Å². The molecule has 0 aromatic rings. The number of amides is 4. The molecule has 0 spiro atoms. The lowest BCUT2D eigenvalue weighted by Crippen LogP contribution is -2.54. The van der Waals surface area contributed by atoms with Crippen LogP contribution < -0.4 is 16.0 Å². The van der Waals surface area contributed by atoms with Crippen molar-refractivity contribution in [2.24, 2.45) is 4.99 Å². The first kappa shape index (κ1) is 18.4. The summed E-state index contributed by atoms with van der Waals surface area (Å²) in [5, 5.41) is 8.72. The first-order valence-electron chi connectivity index (χ1n) is 9.12. The van der Waals surface area contributed by atoms with Crippen molar-refractivity contribution in [2.45, 2.75) is 18.9 Å². The first-order chi connectivity index (χ1) is 12.6. The lowest BCUT2D eigenvalue weighted by atomic mass is 10.3. The second-order valence-electron chi connectivity index (χ2n) is 6.78. The van der Waals surface area contributed by atoms with E-state index in [1.807, 2.05) is 0 Å². The fourth-order valence-electron chi connectivity index (χ4n) is 3.12. The molecule has 10 heteroatoms. The number of guanidine groups is 1. The molecule has 2 aliphatic heterocycles. The molecule has 0 radical (unpaired) electrons. The lowest BCUT2D eigenvalue weighted by molar-refractivity contribution is -0.125. The highest BCUT2D eigenvalue weighted by Crippen LogP contribution is 2.18. The minimum absolute atomic E-state index is 0.0733. The van der Waals surface area contributed by atoms with Crippen LogP contribution in [0.3, 0.4) is 0 Å². The third-order valence-electron chi connectivity index (χ3n) is 4.75. The van der Waals surface area contributed by atoms with Crippen LogP contribution in [0.4, 0.5) is 4.79 Å². The quantitative estimate of drug-likeness (QED) is 0.286. The normalized spacial score (nSPS) is 21.8. The van der Waals surface area contributed by atoms with Crippen LogP contribution in [0.1, 0.15) is 12.8 Å². The van der Waals surface area contributed by atoms with Crippen molar-refractivity contribution in [1.29, 1.82) is 0 Å². The van der Waals surface area contributed by atoms with Crippen LogP contribution in [0.15, 0.2) is 4.99 Å². The van der Waals surface area contributed by atoms with Crippen LogP contribution in [0.2, 0.25) is 0 Å². The van der Waals surface area contributed by atoms with Gasteiger partial charge in [0.1, 0.15) is 0 Å². The predicted octanol–water partition coefficient (Wildman–Crippen LogP) is -1.99. The van der Waals surface area contributed by atoms with Crippen molar-refractivity contribution < 1.29 is 14.4 Å². The van der Waals surface area contributed by atoms with E-state index in [1.54, 1.807) is 7.05 Å². The second-order valence-corrected chi connectivity index (χ2v) is 6.78. The van der Waals surface area contributed by atoms with Gasteiger partial charge in [-0.1, -0.05) is 0 Å². The number of imide groups is 1. The molecule has 26 heavy (non-hydrogen) atoms. The number of carbonyl (C=O) groups excluding carboxylic acids is 3. The number of aliphatic imine (C=N–C) groups is 1. The number of hydrogen-bond donors (Lipinski definition) is 3. The first-order valence-corrected chi connectivity index (χ1v) is 9.12. The summed E-state index contributed by atoms with van der Waals surface area (Å²) in [4.78, 5) is 44.7. The third-order valence-corrected chi connectivity index (χ3v) is 4.75. The largest absolute Gasteiger partial charge is 0.354 e. The molecule has 4 amide bonds. The number of urea groups is 1. The van der Waals surface area contributed by atoms with Crippen molar-refractivity contribution in [3.63, 3.8) is 0 Å². The summed E-state index contributed by atoms with van der Waals surface area (Å²) in [6, 6.07) is 0.0567. The predicted molar refractivity (Wildman–Crippen MR) is 95.7 cm³/mol. The minimum Gasteiger partial charge on any atom is -0.354 e. The molecule has 0 unspecified atom stereocenters. The number of rotatable bonds is 6. The average molecular weight is 365 g/mol. The van der Waals surface area contributed by atoms with E-state index in [-0.39, 0.29) is 24.4 Å². The fraction of sp³-hybridized carbons (Fsp3) is 0.750. The number of piperazine rings is 1. The highest BCUT2D eigenvalue weighted by Gasteiger charge is 2.28. The van der Waals surface area contributed by atoms with Gasteiger partial charge in [-0.25, -0.2) is 4.79 Å². The molecule has 144 valence electrons. The zero-order valence-electron chi connectivity index (χ0n) is 15.2. The van der Waals surface area contributed by atoms with Gasteiger partial charge >= 0.3 is 6.03 Å². The maximum Gasteiger partial charge on any atom is 0.324 e. The molecule has 3 fully saturated rings. The molecule has 0 atom stereocenters. The maximum absolute atomic E-state index is 11.9. The molecule has 3 N–H and O–H groups in total. The second kappa shape index (κ2) is 8.35. The topological polar surface area (TPSA) is 109 Å². The Labute approximate surface area is 153 Å². The Morgan fingerprint density at radius 2 is 1.96 bits per heavy atom. The van der Waals surface area contributed by atoms with E-state index in [2.05, 4.69) is 30.7 Å². The van der Waals surface area contributed by atoms with Gasteiger partial charge in [-0.15, -0.1) is 0 Å². The Morgan fingerprint density at radius 3 is 2.54 bits per heavy atom. The van der Waals surface area contributed by atoms with Gasteiger partial charge in [0.05, 0.1) is 13.1 Å². The average Bonchev–Trinajstić information content (AvgIpc) is 3.38. The Kier molecular flexibility index (Phi) is 5.92. The number of nitrogens with zero attached hydrogens (tertiary/aromatic N) is 4. The van der Waals surface area contributed by atoms with Crippen molar-refractivity contribution >= 4 is 23.8 Å². The van der Waals surface area contributed by atoms with Crippen LogP contribution in [0.25, 0.3) is 0 Å². The van der Waals surface area contributed by atoms with Crippen LogP contribution in [0.5, 0.6) is 0 Å². The summed E-state index contributed by atoms with van der Waals surface area (Å²) in [6.07, 6.45) is 2.21. The number of carbonyl (C=O) groups is 3. The summed E-state index contributed by atoms with van der Waals surface area (Å²) in [5.41, 5.74) is 0. The lowest BCUT2D eigenvalue weighted by Gasteiger charge is -2.36. The number of hydrogen-bond acceptors (Lipinski definition) is 5. The highest BCUT2D eigenvalue weighted by atomic mass is 16.2. The highest BCUT2D eigenvalue weighted by molar-refractivity contribution is 6.01. The van der Waals surface area contributed by atoms with E-state index in [4.69, 9.17) is 0 Å². The molecule has 0 aromatic carbocycles. The van der Waals surface area contributed by atoms with Crippen molar-refractivity contribution in [3.8, 4) is 0 Å². The van der Waals surface area contributed by atoms with Crippen LogP contribution >= 0.6 is 0 Å². The monoisotopic (exact) mass is 365 g/mol. The van der Waals surface area contributed by atoms with Crippen LogP contribution in [0, 0.1) is 0 Å². The molecular weight excluding hydrogens is 338 g/mol. The van der Waals surface area contributed by atoms with Gasteiger partial charge < -0.3 is 20.9 Å². The molecule has 0 aromatic heterocycles. The van der Waals surface area contributed by atoms with Gasteiger partial charge in [-0.2, -0.15) is 0 Å². The molecule has 3 aliphatic rings. The molecule has 3 rings (SSSR count). The van der Waals surface area contributed by atoms with E-state index in [0.29, 0.717) is 25.7 Å². The Balaban J connectivity index is 1.37. The maximum atomic E-state index is 11.9. The summed E-state index contributed by atoms with van der Waals surface area (Å²) < 4.78 is 0. The summed E-state index contributed by atoms with van der Waals surface area (Å²) in [6.45, 7) is 4.43. The van der Waals surface area contributed by atoms with Gasteiger partial charge in [-0.3, -0.25) is 24.4 Å². The summed E-state index contributed by atoms with van der Waals surface area (Å²) in [5.74, 6) is 0.654. The van der Waals surface area contributed by atoms with E-state index >= 15 is 0 Å². The molecule has 2 heterocycles. The van der Waals surface area contributed by atoms with Gasteiger partial charge in [0.25, 0.3) is 0 Å². The molecule has 0 bridgehead atoms. The standard InChI is InChI=1S/C16H27N7O3/c1-17-15(18-4-5-23-14(25)10-19-16(23)26)22-8-6-21(7-9-22)11-13(24)20-12-2-3-12/h12H,2-11H2,1H3,(H,17,18)(H,19,26)(H,20,24).